The van der Waals surface area contributed by atoms with Crippen LogP contribution in [0.15, 0.2) is 0 Å². The predicted molar refractivity (Wildman–Crippen MR) is 331 cm³/mol. The monoisotopic (exact) mass is 1870 g/mol. The van der Waals surface area contributed by atoms with Gasteiger partial charge in [-0.3, -0.25) is 4.70 Å². The fraction of sp³-hybridized carbons (Fsp3) is 1.00. The molecule has 0 aliphatic rings. The van der Waals surface area contributed by atoms with Gasteiger partial charge in [0.2, 0.25) is 0 Å². The van der Waals surface area contributed by atoms with E-state index in [0.717, 1.165) is 0 Å². The van der Waals surface area contributed by atoms with Gasteiger partial charge in [0.15, 0.2) is 0 Å². The first kappa shape index (κ1) is 2040. The van der Waals surface area contributed by atoms with Crippen molar-refractivity contribution in [2.75, 3.05) is 0 Å². The summed E-state index contributed by atoms with van der Waals surface area (Å²) in [4.78, 5) is 0. The molecule has 1 unspecified atom stereocenters. The average Bonchev–Trinajstić information content (AvgIpc) is 0. The Morgan fingerprint density at radius 2 is 0.160 bits per heavy atom. The molecule has 0 saturated carbocycles. The largest absolute Gasteiger partial charge is 1.00 e. The van der Waals surface area contributed by atoms with Crippen LogP contribution in [-0.2, 0) is 0 Å². The molecule has 513 valence electrons. The van der Waals surface area contributed by atoms with Gasteiger partial charge < -0.3 is 212 Å². The van der Waals surface area contributed by atoms with E-state index in [4.69, 9.17) is 0 Å². The van der Waals surface area contributed by atoms with Crippen molar-refractivity contribution >= 4 is 42.3 Å². The van der Waals surface area contributed by atoms with Crippen LogP contribution in [0, 0.1) is 0 Å². The zero-order valence-electron chi connectivity index (χ0n) is 27.4. The second kappa shape index (κ2) is 1990. The Kier molecular flexibility index (Phi) is 50100. The Morgan fingerprint density at radius 3 is 0.160 bits per heavy atom. The van der Waals surface area contributed by atoms with E-state index < -0.39 is 0 Å². The summed E-state index contributed by atoms with van der Waals surface area (Å²) in [6.45, 7) is 0. The van der Waals surface area contributed by atoms with Crippen LogP contribution in [0.4, 0.5) is 4.70 Å². The molecular formula is C42H183BCl16FIKNNa16OP. The van der Waals surface area contributed by atoms with Gasteiger partial charge in [-0.15, -0.1) is 24.0 Å². The summed E-state index contributed by atoms with van der Waals surface area (Å²) in [6, 6.07) is 0. The molecule has 0 aromatic rings. The Hall–Kier alpha value is 23.4. The standard InChI is InChI=1S/42CH4.B.16ClH.FH.HI.K.H3N.16Na.H2O.H3P.2H2.H/h42*1H4;;18*1H;;1H3;;;;;;;;;;;;;;;;;1H2;1H3;2*1H;/q;;;;;;;;;;;;;;;;;;;;;;;;;;;;;;;;;;;;;;;;;;;;;;;;;;;;;;;;;;;;;+1;;16*+1;;;;;-1/p-16/i;;;;;;;;;;;;;;;;;;;;;;;;;;;;;;;;;;;;;;;;;;;;;;;;;;;;;;;;;;;;;;;;;;;;;;;;;;;;;;;;;1+1;;. The normalized spacial score (nSPS) is 0. The van der Waals surface area contributed by atoms with E-state index in [0.29, 0.717) is 0 Å². The maximum Gasteiger partial charge on any atom is 1.00 e. The Morgan fingerprint density at radius 1 is 0.160 bits per heavy atom. The van der Waals surface area contributed by atoms with Crippen molar-refractivity contribution in [3.8, 4) is 0 Å². The van der Waals surface area contributed by atoms with Crippen molar-refractivity contribution in [1.29, 1.82) is 0 Å². The molecule has 0 aromatic heterocycles. The zero-order chi connectivity index (χ0) is 0. The van der Waals surface area contributed by atoms with E-state index in [1.54, 1.807) is 0 Å². The molecule has 0 aliphatic heterocycles. The third-order valence-corrected chi connectivity index (χ3v) is 0. The Bertz CT molecular complexity index is 178. The topological polar surface area (TPSA) is 66.5 Å². The molecule has 1 atom stereocenters. The van der Waals surface area contributed by atoms with Crippen molar-refractivity contribution in [3.05, 3.63) is 0 Å². The van der Waals surface area contributed by atoms with Crippen molar-refractivity contribution in [2.45, 2.75) is 312 Å². The fourth-order valence-corrected chi connectivity index (χ4v) is 0. The summed E-state index contributed by atoms with van der Waals surface area (Å²) in [5.74, 6) is 0. The molecule has 0 aromatic carbocycles. The Balaban J connectivity index is 0. The van der Waals surface area contributed by atoms with Gasteiger partial charge in [-0.05, 0) is 0 Å². The summed E-state index contributed by atoms with van der Waals surface area (Å²) in [5, 5.41) is 0. The maximum atomic E-state index is 0. The van der Waals surface area contributed by atoms with E-state index in [1.807, 2.05) is 0 Å². The Labute approximate surface area is 1070 Å². The second-order valence-electron chi connectivity index (χ2n) is 0. The van der Waals surface area contributed by atoms with Crippen molar-refractivity contribution in [3.63, 3.8) is 0 Å². The summed E-state index contributed by atoms with van der Waals surface area (Å²) in [7, 11) is 0. The summed E-state index contributed by atoms with van der Waals surface area (Å²) in [5.41, 5.74) is 0. The summed E-state index contributed by atoms with van der Waals surface area (Å²) < 4.78 is 0. The maximum absolute atomic E-state index is 0. The quantitative estimate of drug-likeness (QED) is 0.147. The minimum absolute atomic E-state index is 0. The van der Waals surface area contributed by atoms with Crippen LogP contribution in [0.5, 0.6) is 0 Å². The van der Waals surface area contributed by atoms with Gasteiger partial charge in [-0.1, -0.05) is 312 Å². The van der Waals surface area contributed by atoms with Gasteiger partial charge in [0.25, 0.3) is 0 Å². The van der Waals surface area contributed by atoms with Crippen LogP contribution in [0.1, 0.15) is 316 Å². The van der Waals surface area contributed by atoms with Crippen molar-refractivity contribution in [1.82, 2.24) is 6.15 Å². The SMILES string of the molecule is C.C.C.C.C.C.C.C.C.C.C.C.C.C.C.C.C.C.C.C.C.C.C.C.C.C.C.C.C.C.C.C.C.C.C.C.C.C.C.C.C.C.F.I.N.O.P.[2HH].[B].[Cl-].[Cl-].[Cl-].[Cl-].[Cl-].[Cl-].[Cl-].[Cl-].[Cl-].[Cl-].[Cl-].[Cl-].[Cl-].[Cl-].[Cl-].[Cl-].[H-].[HH].[K+].[Na+].[Na+].[Na+].[Na+].[Na+].[Na+].[Na+].[Na+].[Na+].[Na+].[Na+].[Na+].[Na+].[Na+].[Na+].[Na+]. The van der Waals surface area contributed by atoms with Gasteiger partial charge in [-0.25, -0.2) is 0 Å². The van der Waals surface area contributed by atoms with E-state index in [1.165, 1.54) is 0 Å². The van der Waals surface area contributed by atoms with Crippen LogP contribution in [0.25, 0.3) is 0 Å². The van der Waals surface area contributed by atoms with Crippen molar-refractivity contribution < 1.29 is 737 Å². The molecule has 5 N–H and O–H groups in total. The van der Waals surface area contributed by atoms with Crippen LogP contribution >= 0.6 is 33.9 Å². The van der Waals surface area contributed by atoms with E-state index in [2.05, 4.69) is 0 Å². The first-order valence-electron chi connectivity index (χ1n) is 0. The minimum Gasteiger partial charge on any atom is -1.00 e. The van der Waals surface area contributed by atoms with Crippen LogP contribution in [0.2, 0.25) is 0 Å². The molecule has 0 heterocycles. The molecule has 39 heteroatoms. The van der Waals surface area contributed by atoms with Gasteiger partial charge in [0.1, 0.15) is 0 Å². The molecule has 0 rings (SSSR count). The fourth-order valence-electron chi connectivity index (χ4n) is 0. The molecule has 0 spiro atoms. The number of hydrogen-bond donors (Lipinski definition) is 1. The third-order valence-electron chi connectivity index (χ3n) is 0. The molecule has 81 heavy (non-hydrogen) atoms. The average molecular weight is 1880 g/mol. The van der Waals surface area contributed by atoms with E-state index in [9.17, 15) is 0 Å². The smallest absolute Gasteiger partial charge is 1.00 e. The molecule has 3 radical (unpaired) electrons. The molecule has 0 aliphatic carbocycles. The van der Waals surface area contributed by atoms with Crippen LogP contribution < -0.4 is 729 Å². The van der Waals surface area contributed by atoms with Gasteiger partial charge in [0, 0.05) is 11.3 Å². The molecule has 0 saturated heterocycles. The zero-order valence-corrected chi connectivity index (χ0v) is 77.3. The number of halogens is 18. The third kappa shape index (κ3) is 1950. The van der Waals surface area contributed by atoms with Crippen LogP contribution in [-0.4, -0.2) is 13.9 Å². The number of hydrogen-bond acceptors (Lipinski definition) is 1. The van der Waals surface area contributed by atoms with Gasteiger partial charge in [0.05, 0.1) is 0 Å². The first-order valence-corrected chi connectivity index (χ1v) is 0. The second-order valence-corrected chi connectivity index (χ2v) is 0. The van der Waals surface area contributed by atoms with Gasteiger partial charge >= 0.3 is 524 Å². The molecule has 0 bridgehead atoms. The molecular weight excluding hydrogens is 1700 g/mol. The molecule has 2 nitrogen and oxygen atoms in total. The predicted octanol–water partition coefficient (Wildman–Crippen LogP) is -71.8. The first-order chi connectivity index (χ1) is 0. The minimum atomic E-state index is 0. The van der Waals surface area contributed by atoms with Crippen molar-refractivity contribution in [2.24, 2.45) is 0 Å². The van der Waals surface area contributed by atoms with Crippen LogP contribution in [0.3, 0.4) is 0 Å². The molecule has 0 amide bonds. The van der Waals surface area contributed by atoms with Gasteiger partial charge in [-0.2, -0.15) is 9.90 Å². The number of rotatable bonds is 0. The summed E-state index contributed by atoms with van der Waals surface area (Å²) in [6.07, 6.45) is 0. The molecule has 0 fully saturated rings. The van der Waals surface area contributed by atoms with E-state index in [-0.39, 0.29) is 1100 Å². The summed E-state index contributed by atoms with van der Waals surface area (Å²) >= 11 is 0. The van der Waals surface area contributed by atoms with E-state index >= 15 is 0 Å².